The third kappa shape index (κ3) is 7.97. The van der Waals surface area contributed by atoms with Gasteiger partial charge < -0.3 is 9.13 Å². The molecule has 4 aromatic heterocycles. The fraction of sp³-hybridized carbons (Fsp3) is 0. The molecule has 4 heterocycles. The minimum Gasteiger partial charge on any atom is -0.309 e. The topological polar surface area (TPSA) is 61.4 Å². The molecule has 0 aliphatic carbocycles. The van der Waals surface area contributed by atoms with Crippen molar-refractivity contribution in [2.75, 3.05) is 0 Å². The van der Waals surface area contributed by atoms with Crippen LogP contribution < -0.4 is 0 Å². The number of para-hydroxylation sites is 4. The lowest BCUT2D eigenvalue weighted by atomic mass is 9.92. The summed E-state index contributed by atoms with van der Waals surface area (Å²) in [5.41, 5.74) is 19.6. The largest absolute Gasteiger partial charge is 0.309 e. The summed E-state index contributed by atoms with van der Waals surface area (Å²) in [6.07, 6.45) is 0. The van der Waals surface area contributed by atoms with Crippen LogP contribution in [0.5, 0.6) is 0 Å². The Morgan fingerprint density at radius 2 is 0.487 bits per heavy atom. The van der Waals surface area contributed by atoms with Crippen LogP contribution in [0.4, 0.5) is 0 Å². The maximum absolute atomic E-state index is 5.69. The van der Waals surface area contributed by atoms with Gasteiger partial charge in [-0.15, -0.1) is 0 Å². The number of hydrogen-bond acceptors (Lipinski definition) is 4. The van der Waals surface area contributed by atoms with Crippen LogP contribution in [0.25, 0.3) is 145 Å². The van der Waals surface area contributed by atoms with E-state index < -0.39 is 0 Å². The van der Waals surface area contributed by atoms with E-state index in [-0.39, 0.29) is 0 Å². The van der Waals surface area contributed by atoms with Crippen molar-refractivity contribution in [2.45, 2.75) is 0 Å². The Morgan fingerprint density at radius 3 is 0.825 bits per heavy atom. The molecule has 0 spiro atoms. The van der Waals surface area contributed by atoms with Crippen LogP contribution in [0.2, 0.25) is 0 Å². The average Bonchev–Trinajstić information content (AvgIpc) is 4.06. The van der Waals surface area contributed by atoms with Crippen molar-refractivity contribution in [3.05, 3.63) is 291 Å². The molecule has 0 atom stereocenters. The van der Waals surface area contributed by atoms with Crippen LogP contribution in [-0.4, -0.2) is 29.1 Å². The van der Waals surface area contributed by atoms with E-state index in [1.165, 1.54) is 10.8 Å². The van der Waals surface area contributed by atoms with Crippen molar-refractivity contribution < 1.29 is 0 Å². The van der Waals surface area contributed by atoms with Crippen molar-refractivity contribution in [3.8, 4) is 101 Å². The molecular weight excluding hydrogens is 973 g/mol. The molecule has 11 aromatic carbocycles. The second-order valence-corrected chi connectivity index (χ2v) is 20.1. The van der Waals surface area contributed by atoms with Gasteiger partial charge in [0, 0.05) is 77.4 Å². The Morgan fingerprint density at radius 1 is 0.212 bits per heavy atom. The first kappa shape index (κ1) is 46.5. The molecule has 0 saturated carbocycles. The summed E-state index contributed by atoms with van der Waals surface area (Å²) in [4.78, 5) is 22.7. The monoisotopic (exact) mass is 1020 g/mol. The summed E-state index contributed by atoms with van der Waals surface area (Å²) in [7, 11) is 0. The van der Waals surface area contributed by atoms with Crippen LogP contribution >= 0.6 is 0 Å². The van der Waals surface area contributed by atoms with Crippen molar-refractivity contribution in [2.24, 2.45) is 0 Å². The molecule has 0 amide bonds. The van der Waals surface area contributed by atoms with Crippen molar-refractivity contribution in [1.82, 2.24) is 29.1 Å². The number of fused-ring (bicyclic) bond motifs is 6. The molecule has 80 heavy (non-hydrogen) atoms. The smallest absolute Gasteiger partial charge is 0.161 e. The third-order valence-electron chi connectivity index (χ3n) is 15.4. The molecule has 0 aliphatic rings. The molecular formula is C74H48N6. The molecule has 0 unspecified atom stereocenters. The van der Waals surface area contributed by atoms with Gasteiger partial charge in [0.25, 0.3) is 0 Å². The van der Waals surface area contributed by atoms with Gasteiger partial charge in [0.05, 0.1) is 44.8 Å². The lowest BCUT2D eigenvalue weighted by Crippen LogP contribution is -2.04. The van der Waals surface area contributed by atoms with Gasteiger partial charge in [0.15, 0.2) is 11.6 Å². The minimum atomic E-state index is 0.569. The highest BCUT2D eigenvalue weighted by Crippen LogP contribution is 2.46. The van der Waals surface area contributed by atoms with Crippen LogP contribution in [-0.2, 0) is 0 Å². The molecule has 0 bridgehead atoms. The second-order valence-electron chi connectivity index (χ2n) is 20.1. The van der Waals surface area contributed by atoms with Crippen LogP contribution in [0, 0.1) is 0 Å². The molecule has 0 saturated heterocycles. The Kier molecular flexibility index (Phi) is 11.4. The normalized spacial score (nSPS) is 11.5. The Balaban J connectivity index is 0.968. The first-order valence-corrected chi connectivity index (χ1v) is 27.1. The van der Waals surface area contributed by atoms with E-state index in [9.17, 15) is 0 Å². The molecule has 15 rings (SSSR count). The number of hydrogen-bond donors (Lipinski definition) is 0. The minimum absolute atomic E-state index is 0.569. The first-order valence-electron chi connectivity index (χ1n) is 27.1. The lowest BCUT2D eigenvalue weighted by molar-refractivity contribution is 1.16. The predicted octanol–water partition coefficient (Wildman–Crippen LogP) is 18.8. The maximum Gasteiger partial charge on any atom is 0.161 e. The molecule has 6 heteroatoms. The Bertz CT molecular complexity index is 4360. The van der Waals surface area contributed by atoms with E-state index >= 15 is 0 Å². The van der Waals surface area contributed by atoms with Crippen molar-refractivity contribution in [3.63, 3.8) is 0 Å². The van der Waals surface area contributed by atoms with E-state index in [0.29, 0.717) is 11.6 Å². The van der Waals surface area contributed by atoms with Gasteiger partial charge in [-0.3, -0.25) is 0 Å². The highest BCUT2D eigenvalue weighted by atomic mass is 15.0. The SMILES string of the molecule is c1ccc(-c2nc(-c3ccccc3-c3nc(-c4ccccc4)c(-c4ccc5c(c4)c4ccccc4n5-c4ccccc4)c(-c4ccccc4)n3)nc(-c3ccccc3)c2-c2ccc3c(c2)c2ccccc2n3-c2ccccc2)cc1. The number of rotatable bonds is 10. The summed E-state index contributed by atoms with van der Waals surface area (Å²) in [6.45, 7) is 0. The zero-order valence-corrected chi connectivity index (χ0v) is 43.4. The highest BCUT2D eigenvalue weighted by Gasteiger charge is 2.26. The van der Waals surface area contributed by atoms with Crippen molar-refractivity contribution in [1.29, 1.82) is 0 Å². The molecule has 6 nitrogen and oxygen atoms in total. The third-order valence-corrected chi connectivity index (χ3v) is 15.4. The summed E-state index contributed by atoms with van der Waals surface area (Å²) in [5, 5.41) is 4.65. The van der Waals surface area contributed by atoms with Gasteiger partial charge in [0.2, 0.25) is 0 Å². The maximum atomic E-state index is 5.69. The van der Waals surface area contributed by atoms with Crippen molar-refractivity contribution >= 4 is 43.6 Å². The average molecular weight is 1020 g/mol. The van der Waals surface area contributed by atoms with Crippen LogP contribution in [0.3, 0.4) is 0 Å². The molecule has 0 radical (unpaired) electrons. The number of benzene rings is 11. The number of nitrogens with zero attached hydrogens (tertiary/aromatic N) is 6. The summed E-state index contributed by atoms with van der Waals surface area (Å²) in [6, 6.07) is 103. The van der Waals surface area contributed by atoms with E-state index in [2.05, 4.69) is 300 Å². The highest BCUT2D eigenvalue weighted by molar-refractivity contribution is 6.13. The molecule has 0 fully saturated rings. The quantitative estimate of drug-likeness (QED) is 0.137. The van der Waals surface area contributed by atoms with E-state index in [1.54, 1.807) is 0 Å². The summed E-state index contributed by atoms with van der Waals surface area (Å²) >= 11 is 0. The number of aromatic nitrogens is 6. The predicted molar refractivity (Wildman–Crippen MR) is 330 cm³/mol. The summed E-state index contributed by atoms with van der Waals surface area (Å²) < 4.78 is 4.71. The zero-order valence-electron chi connectivity index (χ0n) is 43.4. The molecule has 374 valence electrons. The van der Waals surface area contributed by atoms with Gasteiger partial charge in [-0.25, -0.2) is 19.9 Å². The van der Waals surface area contributed by atoms with E-state index in [0.717, 1.165) is 123 Å². The van der Waals surface area contributed by atoms with Crippen LogP contribution in [0.1, 0.15) is 0 Å². The fourth-order valence-corrected chi connectivity index (χ4v) is 11.8. The van der Waals surface area contributed by atoms with Gasteiger partial charge in [-0.2, -0.15) is 0 Å². The van der Waals surface area contributed by atoms with E-state index in [1.807, 2.05) is 0 Å². The molecule has 0 aliphatic heterocycles. The zero-order chi connectivity index (χ0) is 52.9. The van der Waals surface area contributed by atoms with Gasteiger partial charge >= 0.3 is 0 Å². The standard InChI is InChI=1S/C74H48N6/c1-7-25-49(26-8-1)69-67(53-43-45-65-61(47-53)57-37-21-23-41-63(57)79(65)55-33-15-5-16-34-55)70(50-27-9-2-10-28-50)76-73(75-69)59-39-19-20-40-60(59)74-77-71(51-29-11-3-12-30-51)68(72(78-74)52-31-13-4-14-32-52)54-44-46-66-62(48-54)58-38-22-24-42-64(58)80(66)56-35-17-6-18-36-56/h1-48H. The van der Waals surface area contributed by atoms with Gasteiger partial charge in [-0.05, 0) is 71.8 Å². The lowest BCUT2D eigenvalue weighted by Gasteiger charge is -2.19. The Hall–Kier alpha value is -10.8. The van der Waals surface area contributed by atoms with E-state index in [4.69, 9.17) is 19.9 Å². The first-order chi connectivity index (χ1) is 39.7. The van der Waals surface area contributed by atoms with Crippen LogP contribution in [0.15, 0.2) is 291 Å². The van der Waals surface area contributed by atoms with Gasteiger partial charge in [0.1, 0.15) is 0 Å². The summed E-state index contributed by atoms with van der Waals surface area (Å²) in [5.74, 6) is 1.14. The molecule has 0 N–H and O–H groups in total. The second kappa shape index (κ2) is 19.6. The fourth-order valence-electron chi connectivity index (χ4n) is 11.8. The Labute approximate surface area is 462 Å². The molecule has 15 aromatic rings. The van der Waals surface area contributed by atoms with Gasteiger partial charge in [-0.1, -0.05) is 231 Å².